The molecule has 1 aromatic heterocycles. The molecule has 0 atom stereocenters. The van der Waals surface area contributed by atoms with Gasteiger partial charge in [0.05, 0.1) is 12.3 Å². The fraction of sp³-hybridized carbons (Fsp3) is 0.409. The number of nitrogens with zero attached hydrogens (tertiary/aromatic N) is 2. The van der Waals surface area contributed by atoms with Gasteiger partial charge in [0, 0.05) is 36.8 Å². The van der Waals surface area contributed by atoms with Crippen molar-refractivity contribution in [1.82, 2.24) is 4.98 Å². The second kappa shape index (κ2) is 7.62. The van der Waals surface area contributed by atoms with Crippen LogP contribution in [0.2, 0.25) is 0 Å². The van der Waals surface area contributed by atoms with Gasteiger partial charge in [-0.15, -0.1) is 0 Å². The first-order valence-electron chi connectivity index (χ1n) is 9.82. The lowest BCUT2D eigenvalue weighted by atomic mass is 9.87. The summed E-state index contributed by atoms with van der Waals surface area (Å²) in [6.45, 7) is 0. The number of pyridine rings is 1. The lowest BCUT2D eigenvalue weighted by molar-refractivity contribution is -0.123. The summed E-state index contributed by atoms with van der Waals surface area (Å²) in [6.07, 6.45) is 8.19. The number of anilines is 1. The van der Waals surface area contributed by atoms with E-state index in [0.29, 0.717) is 6.42 Å². The number of benzene rings is 1. The van der Waals surface area contributed by atoms with E-state index in [1.165, 1.54) is 5.56 Å². The molecule has 6 heteroatoms. The van der Waals surface area contributed by atoms with E-state index in [0.717, 1.165) is 54.7 Å². The highest BCUT2D eigenvalue weighted by Gasteiger charge is 2.26. The van der Waals surface area contributed by atoms with E-state index in [9.17, 15) is 9.59 Å². The molecule has 1 saturated carbocycles. The maximum atomic E-state index is 11.9. The number of rotatable bonds is 4. The van der Waals surface area contributed by atoms with Crippen LogP contribution in [0.25, 0.3) is 11.1 Å². The van der Waals surface area contributed by atoms with Crippen molar-refractivity contribution in [3.63, 3.8) is 0 Å². The van der Waals surface area contributed by atoms with Gasteiger partial charge in [-0.1, -0.05) is 6.07 Å². The molecule has 2 N–H and O–H groups in total. The topological polar surface area (TPSA) is 85.5 Å². The molecule has 0 saturated heterocycles. The zero-order valence-electron chi connectivity index (χ0n) is 16.1. The molecule has 0 spiro atoms. The summed E-state index contributed by atoms with van der Waals surface area (Å²) in [7, 11) is 1.82. The molecular weight excluding hydrogens is 354 g/mol. The van der Waals surface area contributed by atoms with E-state index in [-0.39, 0.29) is 23.8 Å². The molecule has 2 aliphatic rings. The zero-order valence-corrected chi connectivity index (χ0v) is 16.1. The van der Waals surface area contributed by atoms with Gasteiger partial charge in [-0.25, -0.2) is 0 Å². The van der Waals surface area contributed by atoms with Gasteiger partial charge in [0.1, 0.15) is 5.75 Å². The molecule has 1 fully saturated rings. The summed E-state index contributed by atoms with van der Waals surface area (Å²) in [5, 5.41) is 0. The molecule has 1 aliphatic carbocycles. The molecule has 1 aromatic carbocycles. The van der Waals surface area contributed by atoms with Crippen LogP contribution in [0.5, 0.6) is 5.75 Å². The van der Waals surface area contributed by atoms with Crippen LogP contribution in [0.3, 0.4) is 0 Å². The van der Waals surface area contributed by atoms with Crippen LogP contribution in [-0.2, 0) is 16.0 Å². The lowest BCUT2D eigenvalue weighted by Gasteiger charge is -2.27. The summed E-state index contributed by atoms with van der Waals surface area (Å²) >= 11 is 0. The minimum Gasteiger partial charge on any atom is -0.489 e. The average molecular weight is 379 g/mol. The van der Waals surface area contributed by atoms with Gasteiger partial charge in [0.2, 0.25) is 11.8 Å². The van der Waals surface area contributed by atoms with Gasteiger partial charge in [-0.2, -0.15) is 0 Å². The molecule has 2 heterocycles. The standard InChI is InChI=1S/C22H25N3O3/c1-25-20-8-4-15(10-16(20)5-9-21(25)26)17-11-19(13-24-12-17)28-18-6-2-14(3-7-18)22(23)27/h4,8,10-14,18H,2-3,5-7,9H2,1H3,(H2,23,27). The van der Waals surface area contributed by atoms with Gasteiger partial charge in [0.25, 0.3) is 0 Å². The van der Waals surface area contributed by atoms with Crippen LogP contribution >= 0.6 is 0 Å². The maximum Gasteiger partial charge on any atom is 0.227 e. The number of ether oxygens (including phenoxy) is 1. The van der Waals surface area contributed by atoms with Gasteiger partial charge in [-0.05, 0) is 61.4 Å². The van der Waals surface area contributed by atoms with E-state index in [1.807, 2.05) is 31.4 Å². The van der Waals surface area contributed by atoms with E-state index in [4.69, 9.17) is 10.5 Å². The zero-order chi connectivity index (χ0) is 19.7. The molecular formula is C22H25N3O3. The summed E-state index contributed by atoms with van der Waals surface area (Å²) in [5.74, 6) is 0.667. The predicted octanol–water partition coefficient (Wildman–Crippen LogP) is 3.08. The Labute approximate surface area is 164 Å². The van der Waals surface area contributed by atoms with E-state index in [1.54, 1.807) is 11.1 Å². The van der Waals surface area contributed by atoms with Crippen LogP contribution in [0.1, 0.15) is 37.7 Å². The van der Waals surface area contributed by atoms with Crippen molar-refractivity contribution in [1.29, 1.82) is 0 Å². The third-order valence-corrected chi connectivity index (χ3v) is 5.85. The van der Waals surface area contributed by atoms with Crippen molar-refractivity contribution in [3.8, 4) is 16.9 Å². The van der Waals surface area contributed by atoms with Gasteiger partial charge >= 0.3 is 0 Å². The molecule has 0 unspecified atom stereocenters. The van der Waals surface area contributed by atoms with E-state index < -0.39 is 0 Å². The van der Waals surface area contributed by atoms with Crippen molar-refractivity contribution in [2.75, 3.05) is 11.9 Å². The van der Waals surface area contributed by atoms with Gasteiger partial charge in [-0.3, -0.25) is 14.6 Å². The molecule has 0 radical (unpaired) electrons. The number of amides is 2. The van der Waals surface area contributed by atoms with Crippen LogP contribution in [0.15, 0.2) is 36.7 Å². The highest BCUT2D eigenvalue weighted by Crippen LogP contribution is 2.33. The number of aromatic nitrogens is 1. The molecule has 0 bridgehead atoms. The quantitative estimate of drug-likeness (QED) is 0.885. The molecule has 2 aromatic rings. The van der Waals surface area contributed by atoms with Crippen LogP contribution < -0.4 is 15.4 Å². The molecule has 146 valence electrons. The summed E-state index contributed by atoms with van der Waals surface area (Å²) in [4.78, 5) is 29.3. The monoisotopic (exact) mass is 379 g/mol. The Morgan fingerprint density at radius 2 is 1.89 bits per heavy atom. The highest BCUT2D eigenvalue weighted by atomic mass is 16.5. The number of aryl methyl sites for hydroxylation is 1. The Balaban J connectivity index is 1.49. The predicted molar refractivity (Wildman–Crippen MR) is 107 cm³/mol. The van der Waals surface area contributed by atoms with Crippen molar-refractivity contribution in [3.05, 3.63) is 42.2 Å². The molecule has 6 nitrogen and oxygen atoms in total. The Morgan fingerprint density at radius 1 is 1.11 bits per heavy atom. The number of fused-ring (bicyclic) bond motifs is 1. The fourth-order valence-electron chi connectivity index (χ4n) is 4.13. The van der Waals surface area contributed by atoms with Gasteiger partial charge in [0.15, 0.2) is 0 Å². The number of nitrogens with two attached hydrogens (primary N) is 1. The third-order valence-electron chi connectivity index (χ3n) is 5.85. The lowest BCUT2D eigenvalue weighted by Crippen LogP contribution is -2.31. The third kappa shape index (κ3) is 3.72. The molecule has 2 amide bonds. The first-order chi connectivity index (χ1) is 13.5. The highest BCUT2D eigenvalue weighted by molar-refractivity contribution is 5.96. The Bertz CT molecular complexity index is 904. The fourth-order valence-corrected chi connectivity index (χ4v) is 4.13. The van der Waals surface area contributed by atoms with Crippen LogP contribution in [0, 0.1) is 5.92 Å². The Hall–Kier alpha value is -2.89. The van der Waals surface area contributed by atoms with E-state index in [2.05, 4.69) is 11.1 Å². The number of hydrogen-bond donors (Lipinski definition) is 1. The first-order valence-corrected chi connectivity index (χ1v) is 9.82. The smallest absolute Gasteiger partial charge is 0.227 e. The number of carbonyl (C=O) groups excluding carboxylic acids is 2. The minimum atomic E-state index is -0.207. The van der Waals surface area contributed by atoms with Gasteiger partial charge < -0.3 is 15.4 Å². The second-order valence-corrected chi connectivity index (χ2v) is 7.70. The van der Waals surface area contributed by atoms with Crippen LogP contribution in [0.4, 0.5) is 5.69 Å². The molecule has 28 heavy (non-hydrogen) atoms. The summed E-state index contributed by atoms with van der Waals surface area (Å²) in [6, 6.07) is 8.16. The number of primary amides is 1. The number of carbonyl (C=O) groups is 2. The largest absolute Gasteiger partial charge is 0.489 e. The average Bonchev–Trinajstić information content (AvgIpc) is 2.71. The summed E-state index contributed by atoms with van der Waals surface area (Å²) in [5.41, 5.74) is 9.62. The van der Waals surface area contributed by atoms with E-state index >= 15 is 0 Å². The molecule has 1 aliphatic heterocycles. The Morgan fingerprint density at radius 3 is 2.64 bits per heavy atom. The van der Waals surface area contributed by atoms with Crippen molar-refractivity contribution in [2.24, 2.45) is 11.7 Å². The SMILES string of the molecule is CN1C(=O)CCc2cc(-c3cncc(OC4CCC(C(N)=O)CC4)c3)ccc21. The summed E-state index contributed by atoms with van der Waals surface area (Å²) < 4.78 is 6.12. The minimum absolute atomic E-state index is 0.0233. The number of hydrogen-bond acceptors (Lipinski definition) is 4. The second-order valence-electron chi connectivity index (χ2n) is 7.70. The van der Waals surface area contributed by atoms with Crippen LogP contribution in [-0.4, -0.2) is 29.9 Å². The molecule has 4 rings (SSSR count). The van der Waals surface area contributed by atoms with Crippen molar-refractivity contribution >= 4 is 17.5 Å². The normalized spacial score (nSPS) is 21.9. The first kappa shape index (κ1) is 18.5. The van der Waals surface area contributed by atoms with Crippen molar-refractivity contribution < 1.29 is 14.3 Å². The maximum absolute atomic E-state index is 11.9. The Kier molecular flexibility index (Phi) is 5.03. The van der Waals surface area contributed by atoms with Crippen molar-refractivity contribution in [2.45, 2.75) is 44.6 Å².